The molecule has 1 aromatic rings. The molecule has 24 heavy (non-hydrogen) atoms. The van der Waals surface area contributed by atoms with Gasteiger partial charge in [-0.15, -0.1) is 0 Å². The molecule has 1 aromatic carbocycles. The van der Waals surface area contributed by atoms with Gasteiger partial charge in [-0.2, -0.15) is 4.72 Å². The van der Waals surface area contributed by atoms with E-state index in [1.807, 2.05) is 4.72 Å². The maximum atomic E-state index is 12.3. The minimum absolute atomic E-state index is 0.0665. The average Bonchev–Trinajstić information content (AvgIpc) is 2.49. The van der Waals surface area contributed by atoms with Crippen LogP contribution in [-0.4, -0.2) is 44.0 Å². The lowest BCUT2D eigenvalue weighted by Crippen LogP contribution is -2.42. The number of rotatable bonds is 8. The Labute approximate surface area is 139 Å². The van der Waals surface area contributed by atoms with Gasteiger partial charge in [0, 0.05) is 18.5 Å². The standard InChI is InChI=1S/C14H18N4O5S/c1-9-2-4-11(5-3-9)24(22,23)18-12(13(20)21)10(8-19)6-7-17-14(15)16/h2-5,12,18H,6-7H2,1H3,(H,20,21)(H4,15,16,17). The zero-order chi connectivity index (χ0) is 18.3. The van der Waals surface area contributed by atoms with Crippen LogP contribution in [0.3, 0.4) is 0 Å². The molecule has 0 aromatic heterocycles. The molecule has 0 radical (unpaired) electrons. The van der Waals surface area contributed by atoms with E-state index < -0.39 is 22.0 Å². The first-order chi connectivity index (χ1) is 11.2. The summed E-state index contributed by atoms with van der Waals surface area (Å²) in [4.78, 5) is 25.9. The highest BCUT2D eigenvalue weighted by Gasteiger charge is 2.29. The second-order valence-corrected chi connectivity index (χ2v) is 6.60. The first kappa shape index (κ1) is 19.4. The van der Waals surface area contributed by atoms with E-state index in [2.05, 4.69) is 4.99 Å². The molecule has 130 valence electrons. The monoisotopic (exact) mass is 354 g/mol. The van der Waals surface area contributed by atoms with E-state index >= 15 is 0 Å². The molecule has 0 aliphatic heterocycles. The predicted octanol–water partition coefficient (Wildman–Crippen LogP) is -0.852. The van der Waals surface area contributed by atoms with Gasteiger partial charge in [-0.1, -0.05) is 17.7 Å². The molecule has 0 saturated heterocycles. The van der Waals surface area contributed by atoms with Crippen LogP contribution in [0.4, 0.5) is 0 Å². The van der Waals surface area contributed by atoms with Gasteiger partial charge in [0.2, 0.25) is 10.0 Å². The Morgan fingerprint density at radius 1 is 1.33 bits per heavy atom. The van der Waals surface area contributed by atoms with E-state index in [4.69, 9.17) is 11.5 Å². The van der Waals surface area contributed by atoms with E-state index in [-0.39, 0.29) is 29.4 Å². The lowest BCUT2D eigenvalue weighted by atomic mass is 10.1. The Bertz CT molecular complexity index is 776. The topological polar surface area (TPSA) is 165 Å². The van der Waals surface area contributed by atoms with Crippen LogP contribution < -0.4 is 16.2 Å². The Balaban J connectivity index is 3.03. The Morgan fingerprint density at radius 3 is 2.38 bits per heavy atom. The molecule has 0 bridgehead atoms. The summed E-state index contributed by atoms with van der Waals surface area (Å²) in [6.07, 6.45) is -0.158. The van der Waals surface area contributed by atoms with Crippen LogP contribution in [0.25, 0.3) is 0 Å². The zero-order valence-electron chi connectivity index (χ0n) is 12.9. The number of aliphatic carboxylic acids is 1. The highest BCUT2D eigenvalue weighted by molar-refractivity contribution is 7.89. The summed E-state index contributed by atoms with van der Waals surface area (Å²) in [5, 5.41) is 9.23. The van der Waals surface area contributed by atoms with Gasteiger partial charge in [0.15, 0.2) is 12.0 Å². The minimum Gasteiger partial charge on any atom is -0.480 e. The third-order valence-corrected chi connectivity index (χ3v) is 4.45. The molecular formula is C14H18N4O5S. The van der Waals surface area contributed by atoms with E-state index in [0.717, 1.165) is 5.56 Å². The smallest absolute Gasteiger partial charge is 0.326 e. The number of carboxylic acid groups (broad SMARTS) is 1. The van der Waals surface area contributed by atoms with Gasteiger partial charge in [-0.05, 0) is 19.1 Å². The number of guanidine groups is 1. The second-order valence-electron chi connectivity index (χ2n) is 4.89. The van der Waals surface area contributed by atoms with Crippen molar-refractivity contribution in [3.63, 3.8) is 0 Å². The number of aliphatic imine (C=N–C) groups is 1. The molecule has 0 fully saturated rings. The zero-order valence-corrected chi connectivity index (χ0v) is 13.7. The summed E-state index contributed by atoms with van der Waals surface area (Å²) in [6, 6.07) is 4.04. The number of carboxylic acids is 1. The number of hydrogen-bond acceptors (Lipinski definition) is 5. The lowest BCUT2D eigenvalue weighted by molar-refractivity contribution is -0.138. The van der Waals surface area contributed by atoms with Crippen LogP contribution in [0.5, 0.6) is 0 Å². The first-order valence-electron chi connectivity index (χ1n) is 6.78. The number of sulfonamides is 1. The minimum atomic E-state index is -4.13. The molecule has 1 rings (SSSR count). The maximum Gasteiger partial charge on any atom is 0.326 e. The number of nitrogens with zero attached hydrogens (tertiary/aromatic N) is 1. The highest BCUT2D eigenvalue weighted by Crippen LogP contribution is 2.13. The van der Waals surface area contributed by atoms with Crippen LogP contribution in [0, 0.1) is 6.92 Å². The van der Waals surface area contributed by atoms with Crippen molar-refractivity contribution in [2.75, 3.05) is 6.54 Å². The average molecular weight is 354 g/mol. The number of nitrogens with one attached hydrogen (secondary N) is 1. The van der Waals surface area contributed by atoms with Crippen LogP contribution in [-0.2, 0) is 19.6 Å². The molecule has 0 spiro atoms. The van der Waals surface area contributed by atoms with E-state index in [0.29, 0.717) is 0 Å². The fourth-order valence-corrected chi connectivity index (χ4v) is 2.95. The number of benzene rings is 1. The fraction of sp³-hybridized carbons (Fsp3) is 0.286. The number of aryl methyl sites for hydroxylation is 1. The van der Waals surface area contributed by atoms with Gasteiger partial charge in [-0.25, -0.2) is 13.2 Å². The van der Waals surface area contributed by atoms with Crippen molar-refractivity contribution >= 4 is 27.9 Å². The maximum absolute atomic E-state index is 12.3. The second kappa shape index (κ2) is 8.25. The fourth-order valence-electron chi connectivity index (χ4n) is 1.77. The third kappa shape index (κ3) is 5.51. The summed E-state index contributed by atoms with van der Waals surface area (Å²) in [5.41, 5.74) is 10.8. The van der Waals surface area contributed by atoms with E-state index in [1.54, 1.807) is 19.1 Å². The van der Waals surface area contributed by atoms with Gasteiger partial charge >= 0.3 is 5.97 Å². The summed E-state index contributed by atoms with van der Waals surface area (Å²) >= 11 is 0. The van der Waals surface area contributed by atoms with E-state index in [9.17, 15) is 23.1 Å². The third-order valence-electron chi connectivity index (χ3n) is 3.01. The normalized spacial score (nSPS) is 12.0. The molecule has 0 aliphatic rings. The molecule has 0 amide bonds. The molecule has 0 heterocycles. The highest BCUT2D eigenvalue weighted by atomic mass is 32.2. The summed E-state index contributed by atoms with van der Waals surface area (Å²) in [6.45, 7) is 1.71. The Morgan fingerprint density at radius 2 is 1.92 bits per heavy atom. The van der Waals surface area contributed by atoms with Crippen LogP contribution in [0.1, 0.15) is 12.0 Å². The molecular weight excluding hydrogens is 336 g/mol. The summed E-state index contributed by atoms with van der Waals surface area (Å²) in [5.74, 6) is -0.314. The molecule has 1 atom stereocenters. The Kier molecular flexibility index (Phi) is 6.66. The molecule has 9 nitrogen and oxygen atoms in total. The molecule has 1 unspecified atom stereocenters. The van der Waals surface area contributed by atoms with Crippen molar-refractivity contribution in [1.82, 2.24) is 4.72 Å². The van der Waals surface area contributed by atoms with Gasteiger partial charge in [0.25, 0.3) is 0 Å². The van der Waals surface area contributed by atoms with Crippen LogP contribution in [0.15, 0.2) is 39.7 Å². The quantitative estimate of drug-likeness (QED) is 0.268. The van der Waals surface area contributed by atoms with Crippen molar-refractivity contribution < 1.29 is 23.1 Å². The first-order valence-corrected chi connectivity index (χ1v) is 8.26. The summed E-state index contributed by atoms with van der Waals surface area (Å²) in [7, 11) is -4.13. The van der Waals surface area contributed by atoms with E-state index in [1.165, 1.54) is 18.1 Å². The summed E-state index contributed by atoms with van der Waals surface area (Å²) < 4.78 is 26.5. The van der Waals surface area contributed by atoms with Crippen molar-refractivity contribution in [3.05, 3.63) is 35.4 Å². The molecule has 0 aliphatic carbocycles. The number of nitrogens with two attached hydrogens (primary N) is 2. The Hall–Kier alpha value is -2.68. The SMILES string of the molecule is Cc1ccc(S(=O)(=O)NC(C(=O)O)C(=C=O)CCN=C(N)N)cc1. The van der Waals surface area contributed by atoms with Crippen molar-refractivity contribution in [2.24, 2.45) is 16.5 Å². The molecule has 6 N–H and O–H groups in total. The molecule has 0 saturated carbocycles. The number of hydrogen-bond donors (Lipinski definition) is 4. The van der Waals surface area contributed by atoms with Gasteiger partial charge in [0.1, 0.15) is 5.94 Å². The molecule has 10 heteroatoms. The lowest BCUT2D eigenvalue weighted by Gasteiger charge is -2.15. The van der Waals surface area contributed by atoms with Gasteiger partial charge in [-0.3, -0.25) is 9.79 Å². The van der Waals surface area contributed by atoms with Gasteiger partial charge < -0.3 is 16.6 Å². The number of carbonyl (C=O) groups is 1. The predicted molar refractivity (Wildman–Crippen MR) is 87.4 cm³/mol. The van der Waals surface area contributed by atoms with Crippen LogP contribution >= 0.6 is 0 Å². The van der Waals surface area contributed by atoms with Crippen molar-refractivity contribution in [3.8, 4) is 0 Å². The van der Waals surface area contributed by atoms with Crippen molar-refractivity contribution in [1.29, 1.82) is 0 Å². The van der Waals surface area contributed by atoms with Gasteiger partial charge in [0.05, 0.1) is 4.90 Å². The van der Waals surface area contributed by atoms with Crippen LogP contribution in [0.2, 0.25) is 0 Å². The largest absolute Gasteiger partial charge is 0.480 e. The number of carbonyl (C=O) groups excluding carboxylic acids is 1. The van der Waals surface area contributed by atoms with Crippen molar-refractivity contribution in [2.45, 2.75) is 24.3 Å².